The lowest BCUT2D eigenvalue weighted by Crippen LogP contribution is -2.50. The molecular weight excluding hydrogens is 222 g/mol. The highest BCUT2D eigenvalue weighted by molar-refractivity contribution is 5.74. The number of para-hydroxylation sites is 2. The summed E-state index contributed by atoms with van der Waals surface area (Å²) < 4.78 is 0. The van der Waals surface area contributed by atoms with Gasteiger partial charge in [-0.15, -0.1) is 0 Å². The van der Waals surface area contributed by atoms with Gasteiger partial charge in [-0.05, 0) is 25.0 Å². The smallest absolute Gasteiger partial charge is 0.112 e. The van der Waals surface area contributed by atoms with Gasteiger partial charge in [0.2, 0.25) is 0 Å². The molecule has 1 aliphatic carbocycles. The van der Waals surface area contributed by atoms with E-state index in [9.17, 15) is 0 Å². The van der Waals surface area contributed by atoms with E-state index in [0.29, 0.717) is 5.92 Å². The molecule has 0 unspecified atom stereocenters. The number of fused-ring (bicyclic) bond motifs is 1. The van der Waals surface area contributed by atoms with E-state index in [0.717, 1.165) is 11.6 Å². The minimum atomic E-state index is 0.623. The van der Waals surface area contributed by atoms with Crippen LogP contribution in [0.2, 0.25) is 0 Å². The summed E-state index contributed by atoms with van der Waals surface area (Å²) in [5, 5.41) is 0. The molecule has 3 nitrogen and oxygen atoms in total. The Labute approximate surface area is 107 Å². The first-order valence-corrected chi connectivity index (χ1v) is 7.09. The molecule has 0 amide bonds. The van der Waals surface area contributed by atoms with E-state index < -0.39 is 0 Å². The Balaban J connectivity index is 1.48. The average molecular weight is 241 g/mol. The monoisotopic (exact) mass is 241 g/mol. The summed E-state index contributed by atoms with van der Waals surface area (Å²) in [7, 11) is 0. The van der Waals surface area contributed by atoms with E-state index in [1.54, 1.807) is 0 Å². The molecule has 1 aromatic carbocycles. The zero-order valence-corrected chi connectivity index (χ0v) is 10.6. The molecule has 3 heteroatoms. The van der Waals surface area contributed by atoms with Gasteiger partial charge in [-0.2, -0.15) is 0 Å². The summed E-state index contributed by atoms with van der Waals surface area (Å²) in [5.41, 5.74) is 2.28. The van der Waals surface area contributed by atoms with Crippen LogP contribution in [-0.2, 0) is 0 Å². The van der Waals surface area contributed by atoms with Crippen molar-refractivity contribution < 1.29 is 0 Å². The van der Waals surface area contributed by atoms with Crippen LogP contribution in [0.15, 0.2) is 24.3 Å². The fourth-order valence-electron chi connectivity index (χ4n) is 3.42. The molecule has 2 fully saturated rings. The van der Waals surface area contributed by atoms with Crippen LogP contribution in [-0.4, -0.2) is 34.0 Å². The van der Waals surface area contributed by atoms with Gasteiger partial charge >= 0.3 is 0 Å². The van der Waals surface area contributed by atoms with E-state index in [-0.39, 0.29) is 0 Å². The Morgan fingerprint density at radius 2 is 1.89 bits per heavy atom. The molecule has 2 aliphatic rings. The Bertz CT molecular complexity index is 515. The van der Waals surface area contributed by atoms with Crippen molar-refractivity contribution in [1.82, 2.24) is 14.9 Å². The highest BCUT2D eigenvalue weighted by Crippen LogP contribution is 2.33. The molecule has 2 heterocycles. The van der Waals surface area contributed by atoms with Crippen LogP contribution in [0.1, 0.15) is 37.4 Å². The lowest BCUT2D eigenvalue weighted by atomic mass is 9.96. The summed E-state index contributed by atoms with van der Waals surface area (Å²) >= 11 is 0. The molecule has 1 saturated carbocycles. The maximum atomic E-state index is 4.71. The second-order valence-corrected chi connectivity index (χ2v) is 5.73. The van der Waals surface area contributed by atoms with E-state index in [1.165, 1.54) is 50.1 Å². The van der Waals surface area contributed by atoms with Crippen molar-refractivity contribution in [3.8, 4) is 0 Å². The van der Waals surface area contributed by atoms with Crippen molar-refractivity contribution in [1.29, 1.82) is 0 Å². The first kappa shape index (κ1) is 10.6. The molecule has 1 aliphatic heterocycles. The Morgan fingerprint density at radius 3 is 2.67 bits per heavy atom. The second-order valence-electron chi connectivity index (χ2n) is 5.73. The summed E-state index contributed by atoms with van der Waals surface area (Å²) in [5.74, 6) is 1.81. The summed E-state index contributed by atoms with van der Waals surface area (Å²) in [6, 6.07) is 9.18. The Morgan fingerprint density at radius 1 is 1.11 bits per heavy atom. The highest BCUT2D eigenvalue weighted by atomic mass is 15.2. The number of benzene rings is 1. The molecule has 0 spiro atoms. The molecule has 0 bridgehead atoms. The van der Waals surface area contributed by atoms with Gasteiger partial charge in [0.15, 0.2) is 0 Å². The van der Waals surface area contributed by atoms with Crippen molar-refractivity contribution >= 4 is 11.0 Å². The zero-order valence-electron chi connectivity index (χ0n) is 10.6. The van der Waals surface area contributed by atoms with Crippen molar-refractivity contribution in [2.24, 2.45) is 0 Å². The van der Waals surface area contributed by atoms with Gasteiger partial charge in [0.05, 0.1) is 11.0 Å². The molecule has 0 radical (unpaired) electrons. The number of imidazole rings is 1. The number of nitrogens with one attached hydrogen (secondary N) is 1. The number of likely N-dealkylation sites (tertiary alicyclic amines) is 1. The van der Waals surface area contributed by atoms with E-state index >= 15 is 0 Å². The highest BCUT2D eigenvalue weighted by Gasteiger charge is 2.35. The molecule has 2 aromatic rings. The molecule has 18 heavy (non-hydrogen) atoms. The van der Waals surface area contributed by atoms with E-state index in [4.69, 9.17) is 4.98 Å². The van der Waals surface area contributed by atoms with Crippen LogP contribution in [0.3, 0.4) is 0 Å². The van der Waals surface area contributed by atoms with Crippen molar-refractivity contribution in [3.63, 3.8) is 0 Å². The number of hydrogen-bond acceptors (Lipinski definition) is 2. The molecule has 1 aromatic heterocycles. The van der Waals surface area contributed by atoms with E-state index in [2.05, 4.69) is 34.1 Å². The Hall–Kier alpha value is -1.35. The van der Waals surface area contributed by atoms with E-state index in [1.807, 2.05) is 0 Å². The lowest BCUT2D eigenvalue weighted by Gasteiger charge is -2.42. The van der Waals surface area contributed by atoms with Crippen LogP contribution in [0.5, 0.6) is 0 Å². The number of aromatic nitrogens is 2. The maximum Gasteiger partial charge on any atom is 0.112 e. The molecular formula is C15H19N3. The van der Waals surface area contributed by atoms with Gasteiger partial charge in [0, 0.05) is 25.0 Å². The third kappa shape index (κ3) is 1.65. The molecule has 0 atom stereocenters. The van der Waals surface area contributed by atoms with Gasteiger partial charge in [-0.3, -0.25) is 4.90 Å². The lowest BCUT2D eigenvalue weighted by molar-refractivity contribution is 0.0909. The van der Waals surface area contributed by atoms with Crippen LogP contribution >= 0.6 is 0 Å². The second kappa shape index (κ2) is 4.09. The number of nitrogens with zero attached hydrogens (tertiary/aromatic N) is 2. The Kier molecular flexibility index (Phi) is 2.40. The standard InChI is InChI=1S/C15H19N3/c1-2-6-12(5-1)18-9-11(10-18)15-16-13-7-3-4-8-14(13)17-15/h3-4,7-8,11-12H,1-2,5-6,9-10H2,(H,16,17). The van der Waals surface area contributed by atoms with Crippen molar-refractivity contribution in [2.75, 3.05) is 13.1 Å². The van der Waals surface area contributed by atoms with Gasteiger partial charge in [-0.1, -0.05) is 25.0 Å². The van der Waals surface area contributed by atoms with Crippen molar-refractivity contribution in [2.45, 2.75) is 37.6 Å². The minimum Gasteiger partial charge on any atom is -0.342 e. The third-order valence-corrected chi connectivity index (χ3v) is 4.55. The first-order chi connectivity index (χ1) is 8.90. The summed E-state index contributed by atoms with van der Waals surface area (Å²) in [6.45, 7) is 2.40. The number of hydrogen-bond donors (Lipinski definition) is 1. The van der Waals surface area contributed by atoms with Gasteiger partial charge in [0.1, 0.15) is 5.82 Å². The van der Waals surface area contributed by atoms with Crippen molar-refractivity contribution in [3.05, 3.63) is 30.1 Å². The van der Waals surface area contributed by atoms with Gasteiger partial charge < -0.3 is 4.98 Å². The maximum absolute atomic E-state index is 4.71. The number of aromatic amines is 1. The van der Waals surface area contributed by atoms with Crippen LogP contribution in [0.4, 0.5) is 0 Å². The fraction of sp³-hybridized carbons (Fsp3) is 0.533. The molecule has 1 N–H and O–H groups in total. The fourth-order valence-corrected chi connectivity index (χ4v) is 3.42. The first-order valence-electron chi connectivity index (χ1n) is 7.09. The predicted molar refractivity (Wildman–Crippen MR) is 72.7 cm³/mol. The topological polar surface area (TPSA) is 31.9 Å². The van der Waals surface area contributed by atoms with Crippen LogP contribution in [0, 0.1) is 0 Å². The largest absolute Gasteiger partial charge is 0.342 e. The predicted octanol–water partition coefficient (Wildman–Crippen LogP) is 2.90. The summed E-state index contributed by atoms with van der Waals surface area (Å²) in [6.07, 6.45) is 5.67. The SMILES string of the molecule is c1ccc2[nH]c(C3CN(C4CCCC4)C3)nc2c1. The van der Waals surface area contributed by atoms with Gasteiger partial charge in [0.25, 0.3) is 0 Å². The summed E-state index contributed by atoms with van der Waals surface area (Å²) in [4.78, 5) is 10.8. The normalized spacial score (nSPS) is 22.7. The number of rotatable bonds is 2. The quantitative estimate of drug-likeness (QED) is 0.876. The molecule has 1 saturated heterocycles. The minimum absolute atomic E-state index is 0.623. The third-order valence-electron chi connectivity index (χ3n) is 4.55. The van der Waals surface area contributed by atoms with Gasteiger partial charge in [-0.25, -0.2) is 4.98 Å². The average Bonchev–Trinajstić information content (AvgIpc) is 2.94. The number of H-pyrrole nitrogens is 1. The molecule has 94 valence electrons. The van der Waals surface area contributed by atoms with Crippen LogP contribution in [0.25, 0.3) is 11.0 Å². The molecule has 4 rings (SSSR count). The zero-order chi connectivity index (χ0) is 11.9. The van der Waals surface area contributed by atoms with Crippen LogP contribution < -0.4 is 0 Å².